The van der Waals surface area contributed by atoms with Crippen LogP contribution in [-0.2, 0) is 14.3 Å². The van der Waals surface area contributed by atoms with Gasteiger partial charge in [-0.25, -0.2) is 4.79 Å². The number of rotatable bonds is 4. The highest BCUT2D eigenvalue weighted by atomic mass is 32.2. The zero-order valence-electron chi connectivity index (χ0n) is 14.9. The first-order chi connectivity index (χ1) is 12.5. The molecule has 4 N–H and O–H groups in total. The Bertz CT molecular complexity index is 564. The molecular weight excluding hydrogens is 376 g/mol. The number of piperidine rings is 1. The van der Waals surface area contributed by atoms with E-state index < -0.39 is 17.9 Å². The summed E-state index contributed by atoms with van der Waals surface area (Å²) in [6.45, 7) is 4.04. The summed E-state index contributed by atoms with van der Waals surface area (Å²) in [7, 11) is 0. The lowest BCUT2D eigenvalue weighted by Gasteiger charge is -2.30. The van der Waals surface area contributed by atoms with Crippen LogP contribution in [-0.4, -0.2) is 58.5 Å². The maximum atomic E-state index is 12.7. The second-order valence-corrected chi connectivity index (χ2v) is 9.26. The third-order valence-corrected chi connectivity index (χ3v) is 7.48. The number of fused-ring (bicyclic) bond motifs is 1. The van der Waals surface area contributed by atoms with Gasteiger partial charge in [0.05, 0.1) is 23.3 Å². The minimum Gasteiger partial charge on any atom is -0.450 e. The van der Waals surface area contributed by atoms with Gasteiger partial charge in [0.25, 0.3) is 0 Å². The monoisotopic (exact) mass is 402 g/mol. The lowest BCUT2D eigenvalue weighted by Crippen LogP contribution is -2.51. The van der Waals surface area contributed by atoms with Crippen molar-refractivity contribution >= 4 is 41.4 Å². The molecule has 8 nitrogen and oxygen atoms in total. The first kappa shape index (κ1) is 19.8. The molecule has 3 amide bonds. The van der Waals surface area contributed by atoms with E-state index in [0.29, 0.717) is 18.5 Å². The van der Waals surface area contributed by atoms with Crippen LogP contribution >= 0.6 is 23.5 Å². The first-order valence-electron chi connectivity index (χ1n) is 9.05. The summed E-state index contributed by atoms with van der Waals surface area (Å²) in [5, 5.41) is 11.7. The van der Waals surface area contributed by atoms with Crippen molar-refractivity contribution in [3.8, 4) is 0 Å². The fourth-order valence-electron chi connectivity index (χ4n) is 3.46. The summed E-state index contributed by atoms with van der Waals surface area (Å²) >= 11 is 3.13. The first-order valence-corrected chi connectivity index (χ1v) is 11.0. The Hall–Kier alpha value is -0.970. The number of carbonyl (C=O) groups excluding carboxylic acids is 3. The molecule has 3 saturated heterocycles. The molecule has 0 aliphatic carbocycles. The van der Waals surface area contributed by atoms with Crippen molar-refractivity contribution in [1.29, 1.82) is 0 Å². The minimum atomic E-state index is -0.739. The number of imide groups is 1. The average Bonchev–Trinajstić information content (AvgIpc) is 3.21. The van der Waals surface area contributed by atoms with Crippen LogP contribution in [0.2, 0.25) is 0 Å². The molecule has 3 aliphatic rings. The van der Waals surface area contributed by atoms with E-state index in [2.05, 4.69) is 28.2 Å². The molecule has 6 atom stereocenters. The number of carbonyl (C=O) groups is 3. The average molecular weight is 403 g/mol. The third kappa shape index (κ3) is 4.65. The Morgan fingerprint density at radius 1 is 1.15 bits per heavy atom. The van der Waals surface area contributed by atoms with Crippen LogP contribution in [0.4, 0.5) is 4.79 Å². The second kappa shape index (κ2) is 8.81. The van der Waals surface area contributed by atoms with Crippen molar-refractivity contribution in [2.75, 3.05) is 12.4 Å². The van der Waals surface area contributed by atoms with E-state index in [1.54, 1.807) is 18.7 Å². The molecular formula is C16H26N4O4S2. The van der Waals surface area contributed by atoms with Crippen molar-refractivity contribution in [3.05, 3.63) is 0 Å². The van der Waals surface area contributed by atoms with Gasteiger partial charge in [-0.15, -0.1) is 23.5 Å². The van der Waals surface area contributed by atoms with Gasteiger partial charge in [-0.05, 0) is 38.9 Å². The number of hydrogen-bond donors (Lipinski definition) is 4. The van der Waals surface area contributed by atoms with Gasteiger partial charge in [-0.3, -0.25) is 20.2 Å². The number of ether oxygens (including phenoxy) is 1. The molecule has 6 unspecified atom stereocenters. The highest BCUT2D eigenvalue weighted by Crippen LogP contribution is 2.34. The SMILES string of the molecule is CCOC(=O)NC(=O)C1CCSC1NC(=O)C1NC2CCC(C)NC2S1. The Kier molecular flexibility index (Phi) is 6.70. The standard InChI is InChI=1S/C16H26N4O4S2/c1-3-24-16(23)20-11(21)9-6-7-25-13(9)19-12(22)15-18-10-5-4-8(2)17-14(10)26-15/h8-10,13-15,17-18H,3-7H2,1-2H3,(H,19,22)(H,20,21,23). The summed E-state index contributed by atoms with van der Waals surface area (Å²) in [6, 6.07) is 0.764. The molecule has 0 spiro atoms. The van der Waals surface area contributed by atoms with Gasteiger partial charge in [0.2, 0.25) is 11.8 Å². The number of thioether (sulfide) groups is 2. The van der Waals surface area contributed by atoms with Gasteiger partial charge in [0, 0.05) is 12.1 Å². The maximum Gasteiger partial charge on any atom is 0.413 e. The third-order valence-electron chi connectivity index (χ3n) is 4.82. The number of amides is 3. The van der Waals surface area contributed by atoms with E-state index >= 15 is 0 Å². The summed E-state index contributed by atoms with van der Waals surface area (Å²) in [5.41, 5.74) is 0. The van der Waals surface area contributed by atoms with Crippen molar-refractivity contribution < 1.29 is 19.1 Å². The zero-order chi connectivity index (χ0) is 18.7. The molecule has 26 heavy (non-hydrogen) atoms. The lowest BCUT2D eigenvalue weighted by atomic mass is 10.0. The van der Waals surface area contributed by atoms with Crippen LogP contribution in [0.15, 0.2) is 0 Å². The summed E-state index contributed by atoms with van der Waals surface area (Å²) < 4.78 is 4.75. The molecule has 0 aromatic heterocycles. The van der Waals surface area contributed by atoms with Crippen LogP contribution in [0.25, 0.3) is 0 Å². The number of hydrogen-bond acceptors (Lipinski definition) is 8. The summed E-state index contributed by atoms with van der Waals surface area (Å²) in [6.07, 6.45) is 2.03. The predicted octanol–water partition coefficient (Wildman–Crippen LogP) is 0.584. The predicted molar refractivity (Wildman–Crippen MR) is 102 cm³/mol. The Morgan fingerprint density at radius 3 is 2.73 bits per heavy atom. The Labute approximate surface area is 161 Å². The highest BCUT2D eigenvalue weighted by Gasteiger charge is 2.42. The molecule has 0 aromatic rings. The van der Waals surface area contributed by atoms with Gasteiger partial charge < -0.3 is 15.4 Å². The van der Waals surface area contributed by atoms with Crippen LogP contribution in [0.3, 0.4) is 0 Å². The van der Waals surface area contributed by atoms with Crippen molar-refractivity contribution in [1.82, 2.24) is 21.3 Å². The summed E-state index contributed by atoms with van der Waals surface area (Å²) in [5.74, 6) is -0.163. The normalized spacial score (nSPS) is 36.2. The van der Waals surface area contributed by atoms with Gasteiger partial charge in [0.1, 0.15) is 5.37 Å². The van der Waals surface area contributed by atoms with Crippen molar-refractivity contribution in [2.45, 2.75) is 61.3 Å². The molecule has 3 rings (SSSR count). The van der Waals surface area contributed by atoms with Crippen molar-refractivity contribution in [3.63, 3.8) is 0 Å². The van der Waals surface area contributed by atoms with E-state index in [1.807, 2.05) is 0 Å². The molecule has 3 heterocycles. The van der Waals surface area contributed by atoms with Gasteiger partial charge in [-0.2, -0.15) is 0 Å². The van der Waals surface area contributed by atoms with Crippen molar-refractivity contribution in [2.24, 2.45) is 5.92 Å². The summed E-state index contributed by atoms with van der Waals surface area (Å²) in [4.78, 5) is 36.4. The highest BCUT2D eigenvalue weighted by molar-refractivity contribution is 8.01. The molecule has 3 fully saturated rings. The van der Waals surface area contributed by atoms with E-state index in [9.17, 15) is 14.4 Å². The largest absolute Gasteiger partial charge is 0.450 e. The van der Waals surface area contributed by atoms with E-state index in [0.717, 1.165) is 18.6 Å². The lowest BCUT2D eigenvalue weighted by molar-refractivity contribution is -0.125. The van der Waals surface area contributed by atoms with E-state index in [4.69, 9.17) is 4.74 Å². The fraction of sp³-hybridized carbons (Fsp3) is 0.812. The Balaban J connectivity index is 1.52. The van der Waals surface area contributed by atoms with E-state index in [1.165, 1.54) is 11.8 Å². The molecule has 10 heteroatoms. The van der Waals surface area contributed by atoms with Gasteiger partial charge >= 0.3 is 6.09 Å². The molecule has 0 bridgehead atoms. The minimum absolute atomic E-state index is 0.104. The van der Waals surface area contributed by atoms with Crippen LogP contribution in [0.1, 0.15) is 33.1 Å². The molecule has 0 aromatic carbocycles. The van der Waals surface area contributed by atoms with Crippen LogP contribution < -0.4 is 21.3 Å². The molecule has 3 aliphatic heterocycles. The number of alkyl carbamates (subject to hydrolysis) is 1. The number of nitrogens with one attached hydrogen (secondary N) is 4. The molecule has 146 valence electrons. The quantitative estimate of drug-likeness (QED) is 0.541. The van der Waals surface area contributed by atoms with Crippen LogP contribution in [0, 0.1) is 5.92 Å². The topological polar surface area (TPSA) is 109 Å². The van der Waals surface area contributed by atoms with E-state index in [-0.39, 0.29) is 28.6 Å². The molecule has 0 saturated carbocycles. The van der Waals surface area contributed by atoms with Crippen LogP contribution in [0.5, 0.6) is 0 Å². The Morgan fingerprint density at radius 2 is 1.96 bits per heavy atom. The van der Waals surface area contributed by atoms with Gasteiger partial charge in [0.15, 0.2) is 0 Å². The second-order valence-electron chi connectivity index (χ2n) is 6.76. The van der Waals surface area contributed by atoms with Gasteiger partial charge in [-0.1, -0.05) is 0 Å². The maximum absolute atomic E-state index is 12.7. The fourth-order valence-corrected chi connectivity index (χ4v) is 6.25. The molecule has 0 radical (unpaired) electrons. The smallest absolute Gasteiger partial charge is 0.413 e. The zero-order valence-corrected chi connectivity index (χ0v) is 16.6.